The molecule has 1 atom stereocenters. The Kier molecular flexibility index (Phi) is 4.78. The van der Waals surface area contributed by atoms with Gasteiger partial charge in [0, 0.05) is 22.6 Å². The molecule has 3 nitrogen and oxygen atoms in total. The Hall–Kier alpha value is -2.39. The molecule has 0 aliphatic rings. The zero-order valence-corrected chi connectivity index (χ0v) is 15.7. The van der Waals surface area contributed by atoms with Crippen molar-refractivity contribution in [1.82, 2.24) is 0 Å². The Labute approximate surface area is 148 Å². The molecule has 2 aromatic carbocycles. The number of hydrogen-bond donors (Lipinski definition) is 1. The fourth-order valence-electron chi connectivity index (χ4n) is 3.39. The van der Waals surface area contributed by atoms with Crippen molar-refractivity contribution in [3.8, 4) is 0 Å². The molecule has 0 aliphatic carbocycles. The minimum absolute atomic E-state index is 0.273. The van der Waals surface area contributed by atoms with Crippen LogP contribution in [0.25, 0.3) is 11.0 Å². The van der Waals surface area contributed by atoms with E-state index in [0.29, 0.717) is 5.58 Å². The second kappa shape index (κ2) is 6.85. The molecule has 0 spiro atoms. The van der Waals surface area contributed by atoms with Gasteiger partial charge in [-0.1, -0.05) is 23.8 Å². The fourth-order valence-corrected chi connectivity index (χ4v) is 3.39. The minimum Gasteiger partial charge on any atom is -0.423 e. The molecule has 3 aromatic rings. The highest BCUT2D eigenvalue weighted by atomic mass is 16.4. The van der Waals surface area contributed by atoms with Gasteiger partial charge in [-0.25, -0.2) is 4.79 Å². The summed E-state index contributed by atoms with van der Waals surface area (Å²) in [7, 11) is 2.17. The Morgan fingerprint density at radius 2 is 1.52 bits per heavy atom. The highest BCUT2D eigenvalue weighted by Gasteiger charge is 2.13. The first-order valence-electron chi connectivity index (χ1n) is 8.75. The van der Waals surface area contributed by atoms with Crippen LogP contribution in [0.3, 0.4) is 0 Å². The van der Waals surface area contributed by atoms with E-state index >= 15 is 0 Å². The summed E-state index contributed by atoms with van der Waals surface area (Å²) in [5.41, 5.74) is 7.78. The van der Waals surface area contributed by atoms with Gasteiger partial charge < -0.3 is 9.32 Å². The molecule has 0 aliphatic heterocycles. The summed E-state index contributed by atoms with van der Waals surface area (Å²) in [5.74, 6) is 0. The smallest absolute Gasteiger partial charge is 0.336 e. The second-order valence-corrected chi connectivity index (χ2v) is 7.26. The third kappa shape index (κ3) is 3.83. The number of quaternary nitrogens is 1. The Morgan fingerprint density at radius 1 is 0.840 bits per heavy atom. The largest absolute Gasteiger partial charge is 0.423 e. The van der Waals surface area contributed by atoms with Crippen molar-refractivity contribution >= 4 is 11.0 Å². The summed E-state index contributed by atoms with van der Waals surface area (Å²) < 4.78 is 5.41. The van der Waals surface area contributed by atoms with Gasteiger partial charge in [-0.05, 0) is 56.5 Å². The zero-order chi connectivity index (χ0) is 18.1. The molecule has 1 unspecified atom stereocenters. The summed E-state index contributed by atoms with van der Waals surface area (Å²) in [5, 5.41) is 1.04. The van der Waals surface area contributed by atoms with E-state index in [1.165, 1.54) is 27.2 Å². The molecule has 25 heavy (non-hydrogen) atoms. The molecule has 0 amide bonds. The first kappa shape index (κ1) is 17.4. The van der Waals surface area contributed by atoms with Crippen molar-refractivity contribution in [2.45, 2.75) is 40.8 Å². The summed E-state index contributed by atoms with van der Waals surface area (Å²) in [4.78, 5) is 13.3. The molecule has 1 aromatic heterocycles. The summed E-state index contributed by atoms with van der Waals surface area (Å²) >= 11 is 0. The Balaban J connectivity index is 1.91. The highest BCUT2D eigenvalue weighted by molar-refractivity contribution is 5.81. The zero-order valence-electron chi connectivity index (χ0n) is 15.7. The van der Waals surface area contributed by atoms with Crippen LogP contribution in [-0.2, 0) is 13.1 Å². The van der Waals surface area contributed by atoms with Crippen molar-refractivity contribution in [1.29, 1.82) is 0 Å². The molecule has 130 valence electrons. The number of hydrogen-bond acceptors (Lipinski definition) is 2. The number of aryl methyl sites for hydroxylation is 4. The van der Waals surface area contributed by atoms with Crippen LogP contribution < -0.4 is 10.5 Å². The number of nitrogens with one attached hydrogen (secondary N) is 1. The molecule has 0 saturated carbocycles. The monoisotopic (exact) mass is 336 g/mol. The lowest BCUT2D eigenvalue weighted by molar-refractivity contribution is -0.907. The average Bonchev–Trinajstić information content (AvgIpc) is 2.52. The molecular weight excluding hydrogens is 310 g/mol. The van der Waals surface area contributed by atoms with Crippen molar-refractivity contribution in [2.24, 2.45) is 0 Å². The van der Waals surface area contributed by atoms with Crippen molar-refractivity contribution < 1.29 is 9.32 Å². The van der Waals surface area contributed by atoms with Crippen LogP contribution in [0.15, 0.2) is 45.6 Å². The van der Waals surface area contributed by atoms with E-state index in [1.54, 1.807) is 6.07 Å². The lowest BCUT2D eigenvalue weighted by Crippen LogP contribution is -3.06. The van der Waals surface area contributed by atoms with Crippen LogP contribution in [0.1, 0.15) is 33.4 Å². The van der Waals surface area contributed by atoms with E-state index in [2.05, 4.69) is 52.1 Å². The van der Waals surface area contributed by atoms with Gasteiger partial charge in [0.1, 0.15) is 18.7 Å². The van der Waals surface area contributed by atoms with Crippen molar-refractivity contribution in [3.05, 3.63) is 80.2 Å². The van der Waals surface area contributed by atoms with Crippen molar-refractivity contribution in [3.63, 3.8) is 0 Å². The molecule has 0 fully saturated rings. The minimum atomic E-state index is -0.273. The summed E-state index contributed by atoms with van der Waals surface area (Å²) in [6.07, 6.45) is 0. The van der Waals surface area contributed by atoms with Gasteiger partial charge in [0.15, 0.2) is 0 Å². The van der Waals surface area contributed by atoms with E-state index in [4.69, 9.17) is 4.42 Å². The molecule has 0 saturated heterocycles. The van der Waals surface area contributed by atoms with E-state index in [1.807, 2.05) is 13.0 Å². The van der Waals surface area contributed by atoms with E-state index in [9.17, 15) is 4.79 Å². The predicted molar refractivity (Wildman–Crippen MR) is 102 cm³/mol. The predicted octanol–water partition coefficient (Wildman–Crippen LogP) is 3.24. The average molecular weight is 336 g/mol. The van der Waals surface area contributed by atoms with Gasteiger partial charge >= 0.3 is 5.63 Å². The van der Waals surface area contributed by atoms with E-state index in [-0.39, 0.29) is 5.63 Å². The molecular formula is C22H26NO2+. The van der Waals surface area contributed by atoms with Crippen LogP contribution in [-0.4, -0.2) is 7.05 Å². The van der Waals surface area contributed by atoms with E-state index < -0.39 is 0 Å². The Morgan fingerprint density at radius 3 is 2.24 bits per heavy atom. The van der Waals surface area contributed by atoms with Crippen LogP contribution in [0.4, 0.5) is 0 Å². The van der Waals surface area contributed by atoms with Gasteiger partial charge in [0.05, 0.1) is 7.05 Å². The second-order valence-electron chi connectivity index (χ2n) is 7.26. The normalized spacial score (nSPS) is 12.5. The van der Waals surface area contributed by atoms with Crippen LogP contribution in [0, 0.1) is 27.7 Å². The van der Waals surface area contributed by atoms with Gasteiger partial charge in [0.25, 0.3) is 0 Å². The third-order valence-corrected chi connectivity index (χ3v) is 4.93. The molecule has 0 bridgehead atoms. The first-order valence-corrected chi connectivity index (χ1v) is 8.75. The van der Waals surface area contributed by atoms with Gasteiger partial charge in [-0.3, -0.25) is 0 Å². The van der Waals surface area contributed by atoms with Crippen LogP contribution in [0.2, 0.25) is 0 Å². The standard InChI is InChI=1S/C22H25NO2/c1-14-6-7-18(17(4)8-14)12-23(5)13-19-11-22(24)25-21-10-16(3)15(2)9-20(19)21/h6-11H,12-13H2,1-5H3/p+1. The molecule has 1 heterocycles. The summed E-state index contributed by atoms with van der Waals surface area (Å²) in [6.45, 7) is 10.1. The quantitative estimate of drug-likeness (QED) is 0.742. The number of benzene rings is 2. The fraction of sp³-hybridized carbons (Fsp3) is 0.318. The number of rotatable bonds is 4. The van der Waals surface area contributed by atoms with Crippen LogP contribution in [0.5, 0.6) is 0 Å². The molecule has 3 heteroatoms. The first-order chi connectivity index (χ1) is 11.8. The lowest BCUT2D eigenvalue weighted by atomic mass is 10.0. The maximum atomic E-state index is 12.0. The van der Waals surface area contributed by atoms with E-state index in [0.717, 1.165) is 29.6 Å². The highest BCUT2D eigenvalue weighted by Crippen LogP contribution is 2.21. The number of fused-ring (bicyclic) bond motifs is 1. The maximum absolute atomic E-state index is 12.0. The van der Waals surface area contributed by atoms with Gasteiger partial charge in [-0.15, -0.1) is 0 Å². The molecule has 0 radical (unpaired) electrons. The third-order valence-electron chi connectivity index (χ3n) is 4.93. The molecule has 3 rings (SSSR count). The lowest BCUT2D eigenvalue weighted by Gasteiger charge is -2.17. The summed E-state index contributed by atoms with van der Waals surface area (Å²) in [6, 6.07) is 12.3. The van der Waals surface area contributed by atoms with Crippen molar-refractivity contribution in [2.75, 3.05) is 7.05 Å². The topological polar surface area (TPSA) is 34.7 Å². The SMILES string of the molecule is Cc1ccc(C[NH+](C)Cc2cc(=O)oc3cc(C)c(C)cc23)c(C)c1. The van der Waals surface area contributed by atoms with Gasteiger partial charge in [-0.2, -0.15) is 0 Å². The maximum Gasteiger partial charge on any atom is 0.336 e. The van der Waals surface area contributed by atoms with Crippen LogP contribution >= 0.6 is 0 Å². The Bertz CT molecular complexity index is 985. The molecule has 1 N–H and O–H groups in total. The van der Waals surface area contributed by atoms with Gasteiger partial charge in [0.2, 0.25) is 0 Å².